The molecule has 0 N–H and O–H groups in total. The van der Waals surface area contributed by atoms with Gasteiger partial charge in [0.25, 0.3) is 0 Å². The molecule has 0 saturated carbocycles. The van der Waals surface area contributed by atoms with Gasteiger partial charge in [-0.05, 0) is 23.2 Å². The van der Waals surface area contributed by atoms with Gasteiger partial charge in [0.15, 0.2) is 0 Å². The molecule has 1 heterocycles. The summed E-state index contributed by atoms with van der Waals surface area (Å²) in [4.78, 5) is 0. The fraction of sp³-hybridized carbons (Fsp3) is 0.192. The SMILES string of the molecule is CC1=[C-]C(C)C(C)=C1C.[Cl-].[Cl-].[Ti+4].c1ccc2[cH-]c(-n3ccc4ccccc43)cc2c1. The molecule has 1 atom stereocenters. The van der Waals surface area contributed by atoms with E-state index in [1.165, 1.54) is 44.1 Å². The Labute approximate surface area is 206 Å². The van der Waals surface area contributed by atoms with Gasteiger partial charge in [-0.15, -0.1) is 48.0 Å². The van der Waals surface area contributed by atoms with Crippen LogP contribution in [-0.4, -0.2) is 4.57 Å². The molecule has 1 nitrogen and oxygen atoms in total. The Morgan fingerprint density at radius 2 is 1.50 bits per heavy atom. The first kappa shape index (κ1) is 26.4. The van der Waals surface area contributed by atoms with Crippen LogP contribution in [0, 0.1) is 12.0 Å². The van der Waals surface area contributed by atoms with Crippen molar-refractivity contribution in [2.24, 2.45) is 5.92 Å². The van der Waals surface area contributed by atoms with E-state index in [4.69, 9.17) is 0 Å². The van der Waals surface area contributed by atoms with Crippen LogP contribution in [0.3, 0.4) is 0 Å². The number of hydrogen-bond acceptors (Lipinski definition) is 0. The van der Waals surface area contributed by atoms with E-state index in [0.717, 1.165) is 0 Å². The van der Waals surface area contributed by atoms with E-state index in [2.05, 4.69) is 111 Å². The van der Waals surface area contributed by atoms with Gasteiger partial charge in [-0.2, -0.15) is 11.1 Å². The van der Waals surface area contributed by atoms with Gasteiger partial charge in [0.1, 0.15) is 0 Å². The van der Waals surface area contributed by atoms with E-state index in [9.17, 15) is 0 Å². The van der Waals surface area contributed by atoms with Crippen molar-refractivity contribution in [2.45, 2.75) is 27.7 Å². The first-order valence-electron chi connectivity index (χ1n) is 9.54. The number of allylic oxidation sites excluding steroid dienone is 4. The standard InChI is InChI=1S/C17H12N.C9H13.2ClH.Ti/c1-2-7-15-12-16(11-14(15)6-1)18-10-9-13-5-3-4-8-17(13)18;1-6-5-7(2)9(4)8(6)3;;;/h1-12H;6H,1-4H3;2*1H;/q2*-1;;;+4/p-2. The molecule has 0 bridgehead atoms. The van der Waals surface area contributed by atoms with Crippen molar-refractivity contribution in [3.63, 3.8) is 0 Å². The number of para-hydroxylation sites is 1. The summed E-state index contributed by atoms with van der Waals surface area (Å²) in [7, 11) is 0. The topological polar surface area (TPSA) is 4.93 Å². The van der Waals surface area contributed by atoms with E-state index >= 15 is 0 Å². The summed E-state index contributed by atoms with van der Waals surface area (Å²) < 4.78 is 2.25. The summed E-state index contributed by atoms with van der Waals surface area (Å²) in [6, 6.07) is 23.6. The number of benzene rings is 2. The number of fused-ring (bicyclic) bond motifs is 2. The maximum atomic E-state index is 3.36. The molecule has 4 heteroatoms. The third kappa shape index (κ3) is 5.15. The van der Waals surface area contributed by atoms with Crippen molar-refractivity contribution < 1.29 is 46.5 Å². The van der Waals surface area contributed by atoms with E-state index in [1.807, 2.05) is 0 Å². The molecule has 5 rings (SSSR count). The molecule has 0 fully saturated rings. The second kappa shape index (κ2) is 11.1. The molecule has 1 aliphatic carbocycles. The minimum absolute atomic E-state index is 0. The first-order chi connectivity index (χ1) is 13.0. The van der Waals surface area contributed by atoms with Crippen molar-refractivity contribution in [1.29, 1.82) is 0 Å². The molecular formula is C26H25Cl2NTi. The van der Waals surface area contributed by atoms with Crippen LogP contribution in [0.4, 0.5) is 0 Å². The van der Waals surface area contributed by atoms with Crippen LogP contribution < -0.4 is 24.8 Å². The van der Waals surface area contributed by atoms with Crippen LogP contribution in [0.15, 0.2) is 89.6 Å². The van der Waals surface area contributed by atoms with Gasteiger partial charge in [0.05, 0.1) is 5.52 Å². The van der Waals surface area contributed by atoms with E-state index < -0.39 is 0 Å². The maximum absolute atomic E-state index is 3.36. The zero-order valence-corrected chi connectivity index (χ0v) is 20.8. The zero-order chi connectivity index (χ0) is 19.0. The number of rotatable bonds is 1. The summed E-state index contributed by atoms with van der Waals surface area (Å²) in [6.45, 7) is 8.67. The molecule has 0 aliphatic heterocycles. The van der Waals surface area contributed by atoms with Gasteiger partial charge < -0.3 is 29.4 Å². The Morgan fingerprint density at radius 1 is 0.867 bits per heavy atom. The summed E-state index contributed by atoms with van der Waals surface area (Å²) in [5.41, 5.74) is 6.74. The van der Waals surface area contributed by atoms with Crippen LogP contribution in [0.2, 0.25) is 0 Å². The van der Waals surface area contributed by atoms with Crippen molar-refractivity contribution in [3.8, 4) is 5.69 Å². The van der Waals surface area contributed by atoms with Crippen LogP contribution >= 0.6 is 0 Å². The van der Waals surface area contributed by atoms with Crippen molar-refractivity contribution in [2.75, 3.05) is 0 Å². The smallest absolute Gasteiger partial charge is 1.00 e. The quantitative estimate of drug-likeness (QED) is 0.292. The van der Waals surface area contributed by atoms with Crippen molar-refractivity contribution in [3.05, 3.63) is 95.7 Å². The van der Waals surface area contributed by atoms with Crippen LogP contribution in [0.5, 0.6) is 0 Å². The summed E-state index contributed by atoms with van der Waals surface area (Å²) in [5.74, 6) is 0.560. The monoisotopic (exact) mass is 469 g/mol. The summed E-state index contributed by atoms with van der Waals surface area (Å²) >= 11 is 0. The Hall–Kier alpha value is -1.64. The van der Waals surface area contributed by atoms with E-state index in [1.54, 1.807) is 0 Å². The molecule has 3 aromatic carbocycles. The molecule has 0 spiro atoms. The molecule has 0 radical (unpaired) electrons. The molecule has 30 heavy (non-hydrogen) atoms. The summed E-state index contributed by atoms with van der Waals surface area (Å²) in [5, 5.41) is 3.87. The molecule has 1 unspecified atom stereocenters. The molecule has 4 aromatic rings. The predicted octanol–water partition coefficient (Wildman–Crippen LogP) is 1.23. The van der Waals surface area contributed by atoms with Crippen LogP contribution in [0.25, 0.3) is 27.4 Å². The Morgan fingerprint density at radius 3 is 2.07 bits per heavy atom. The number of aromatic nitrogens is 1. The third-order valence-corrected chi connectivity index (χ3v) is 5.72. The Bertz CT molecular complexity index is 1150. The second-order valence-electron chi connectivity index (χ2n) is 7.39. The van der Waals surface area contributed by atoms with Crippen LogP contribution in [0.1, 0.15) is 27.7 Å². The molecule has 0 saturated heterocycles. The predicted molar refractivity (Wildman–Crippen MR) is 116 cm³/mol. The van der Waals surface area contributed by atoms with Crippen molar-refractivity contribution in [1.82, 2.24) is 4.57 Å². The van der Waals surface area contributed by atoms with Gasteiger partial charge >= 0.3 is 21.7 Å². The zero-order valence-electron chi connectivity index (χ0n) is 17.7. The maximum Gasteiger partial charge on any atom is 4.00 e. The number of halogens is 2. The van der Waals surface area contributed by atoms with Gasteiger partial charge in [0.2, 0.25) is 0 Å². The van der Waals surface area contributed by atoms with Crippen LogP contribution in [-0.2, 0) is 21.7 Å². The average Bonchev–Trinajstić information content (AvgIpc) is 3.35. The average molecular weight is 470 g/mol. The van der Waals surface area contributed by atoms with Gasteiger partial charge in [-0.1, -0.05) is 51.0 Å². The normalized spacial score (nSPS) is 14.9. The molecular weight excluding hydrogens is 445 g/mol. The van der Waals surface area contributed by atoms with Crippen molar-refractivity contribution >= 4 is 21.7 Å². The second-order valence-corrected chi connectivity index (χ2v) is 7.39. The molecule has 152 valence electrons. The minimum atomic E-state index is 0. The molecule has 1 aliphatic rings. The van der Waals surface area contributed by atoms with E-state index in [0.29, 0.717) is 5.92 Å². The minimum Gasteiger partial charge on any atom is -1.00 e. The Balaban J connectivity index is 0.000000327. The number of hydrogen-bond donors (Lipinski definition) is 0. The summed E-state index contributed by atoms with van der Waals surface area (Å²) in [6.07, 6.45) is 5.50. The molecule has 1 aromatic heterocycles. The number of nitrogens with zero attached hydrogens (tertiary/aromatic N) is 1. The van der Waals surface area contributed by atoms with E-state index in [-0.39, 0.29) is 46.5 Å². The Kier molecular flexibility index (Phi) is 9.78. The van der Waals surface area contributed by atoms with Gasteiger partial charge in [-0.25, -0.2) is 5.57 Å². The fourth-order valence-corrected chi connectivity index (χ4v) is 3.74. The largest absolute Gasteiger partial charge is 4.00 e. The fourth-order valence-electron chi connectivity index (χ4n) is 3.74. The molecule has 0 amide bonds. The third-order valence-electron chi connectivity index (χ3n) is 5.72. The first-order valence-corrected chi connectivity index (χ1v) is 9.54. The van der Waals surface area contributed by atoms with Gasteiger partial charge in [-0.3, -0.25) is 6.08 Å². The van der Waals surface area contributed by atoms with Gasteiger partial charge in [0, 0.05) is 6.20 Å².